The molecule has 0 saturated heterocycles. The second-order valence-electron chi connectivity index (χ2n) is 5.49. The Labute approximate surface area is 139 Å². The fourth-order valence-electron chi connectivity index (χ4n) is 2.33. The molecule has 1 fully saturated rings. The third-order valence-electron chi connectivity index (χ3n) is 3.76. The van der Waals surface area contributed by atoms with Crippen LogP contribution in [-0.4, -0.2) is 13.2 Å². The highest BCUT2D eigenvalue weighted by Gasteiger charge is 2.22. The first kappa shape index (κ1) is 15.4. The Balaban J connectivity index is 1.80. The van der Waals surface area contributed by atoms with Gasteiger partial charge in [-0.05, 0) is 30.5 Å². The van der Waals surface area contributed by atoms with E-state index in [-0.39, 0.29) is 0 Å². The van der Waals surface area contributed by atoms with Crippen molar-refractivity contribution in [2.45, 2.75) is 32.0 Å². The molecule has 22 heavy (non-hydrogen) atoms. The minimum Gasteiger partial charge on any atom is -0.493 e. The number of hydrogen-bond acceptors (Lipinski definition) is 3. The van der Waals surface area contributed by atoms with Crippen molar-refractivity contribution in [2.24, 2.45) is 0 Å². The van der Waals surface area contributed by atoms with Crippen molar-refractivity contribution in [3.8, 4) is 11.5 Å². The van der Waals surface area contributed by atoms with E-state index in [9.17, 15) is 0 Å². The highest BCUT2D eigenvalue weighted by molar-refractivity contribution is 9.10. The molecule has 0 unspecified atom stereocenters. The highest BCUT2D eigenvalue weighted by Crippen LogP contribution is 2.37. The molecular weight excluding hydrogens is 342 g/mol. The second kappa shape index (κ2) is 7.16. The van der Waals surface area contributed by atoms with E-state index < -0.39 is 0 Å². The molecule has 3 rings (SSSR count). The lowest BCUT2D eigenvalue weighted by molar-refractivity contribution is 0.280. The Morgan fingerprint density at radius 1 is 1.14 bits per heavy atom. The fraction of sp³-hybridized carbons (Fsp3) is 0.333. The summed E-state index contributed by atoms with van der Waals surface area (Å²) in [5.74, 6) is 1.58. The van der Waals surface area contributed by atoms with Gasteiger partial charge in [-0.25, -0.2) is 0 Å². The number of rotatable bonds is 7. The number of halogens is 1. The molecule has 3 nitrogen and oxygen atoms in total. The van der Waals surface area contributed by atoms with Gasteiger partial charge in [-0.3, -0.25) is 0 Å². The van der Waals surface area contributed by atoms with Gasteiger partial charge in [0.25, 0.3) is 0 Å². The first-order valence-electron chi connectivity index (χ1n) is 7.53. The van der Waals surface area contributed by atoms with Gasteiger partial charge >= 0.3 is 0 Å². The summed E-state index contributed by atoms with van der Waals surface area (Å²) in [4.78, 5) is 0. The summed E-state index contributed by atoms with van der Waals surface area (Å²) in [6, 6.07) is 14.8. The highest BCUT2D eigenvalue weighted by atomic mass is 79.9. The number of hydrogen-bond donors (Lipinski definition) is 1. The summed E-state index contributed by atoms with van der Waals surface area (Å²) >= 11 is 3.63. The molecule has 2 aromatic carbocycles. The fourth-order valence-corrected chi connectivity index (χ4v) is 2.78. The van der Waals surface area contributed by atoms with Crippen LogP contribution in [0.5, 0.6) is 11.5 Å². The van der Waals surface area contributed by atoms with Crippen molar-refractivity contribution in [1.29, 1.82) is 0 Å². The lowest BCUT2D eigenvalue weighted by Crippen LogP contribution is -2.16. The molecule has 0 radical (unpaired) electrons. The number of benzene rings is 2. The largest absolute Gasteiger partial charge is 0.493 e. The summed E-state index contributed by atoms with van der Waals surface area (Å²) in [5, 5.41) is 3.54. The van der Waals surface area contributed by atoms with Gasteiger partial charge in [0, 0.05) is 22.6 Å². The topological polar surface area (TPSA) is 30.5 Å². The zero-order valence-corrected chi connectivity index (χ0v) is 14.2. The molecule has 4 heteroatoms. The normalized spacial score (nSPS) is 13.9. The van der Waals surface area contributed by atoms with Crippen LogP contribution < -0.4 is 14.8 Å². The van der Waals surface area contributed by atoms with Gasteiger partial charge < -0.3 is 14.8 Å². The molecular formula is C18H20BrNO2. The molecule has 0 aliphatic heterocycles. The number of methoxy groups -OCH3 is 1. The van der Waals surface area contributed by atoms with E-state index in [1.807, 2.05) is 30.3 Å². The summed E-state index contributed by atoms with van der Waals surface area (Å²) < 4.78 is 12.6. The molecule has 1 saturated carbocycles. The molecule has 0 spiro atoms. The standard InChI is InChI=1S/C18H20BrNO2/c1-21-17-10-9-16(19)15(11-20-14-7-8-14)18(17)22-12-13-5-3-2-4-6-13/h2-6,9-10,14,20H,7-8,11-12H2,1H3. The predicted molar refractivity (Wildman–Crippen MR) is 91.3 cm³/mol. The summed E-state index contributed by atoms with van der Waals surface area (Å²) in [6.45, 7) is 1.32. The van der Waals surface area contributed by atoms with Crippen molar-refractivity contribution >= 4 is 15.9 Å². The summed E-state index contributed by atoms with van der Waals surface area (Å²) in [5.41, 5.74) is 2.26. The van der Waals surface area contributed by atoms with Crippen LogP contribution in [0.1, 0.15) is 24.0 Å². The van der Waals surface area contributed by atoms with E-state index in [1.165, 1.54) is 12.8 Å². The van der Waals surface area contributed by atoms with Gasteiger partial charge in [0.2, 0.25) is 0 Å². The van der Waals surface area contributed by atoms with Gasteiger partial charge in [0.05, 0.1) is 7.11 Å². The van der Waals surface area contributed by atoms with E-state index in [0.29, 0.717) is 12.6 Å². The maximum Gasteiger partial charge on any atom is 0.167 e. The maximum atomic E-state index is 6.08. The van der Waals surface area contributed by atoms with Crippen molar-refractivity contribution < 1.29 is 9.47 Å². The van der Waals surface area contributed by atoms with Crippen LogP contribution in [0.25, 0.3) is 0 Å². The molecule has 0 bridgehead atoms. The molecule has 0 aromatic heterocycles. The minimum absolute atomic E-state index is 0.532. The lowest BCUT2D eigenvalue weighted by Gasteiger charge is -2.17. The Kier molecular flexibility index (Phi) is 5.01. The molecule has 116 valence electrons. The smallest absolute Gasteiger partial charge is 0.167 e. The first-order chi connectivity index (χ1) is 10.8. The Bertz CT molecular complexity index is 626. The van der Waals surface area contributed by atoms with Crippen molar-refractivity contribution in [3.63, 3.8) is 0 Å². The molecule has 1 aliphatic carbocycles. The molecule has 0 amide bonds. The molecule has 1 N–H and O–H groups in total. The van der Waals surface area contributed by atoms with Crippen LogP contribution in [0.3, 0.4) is 0 Å². The number of ether oxygens (including phenoxy) is 2. The molecule has 0 heterocycles. The molecule has 2 aromatic rings. The van der Waals surface area contributed by atoms with Gasteiger partial charge in [-0.15, -0.1) is 0 Å². The monoisotopic (exact) mass is 361 g/mol. The average molecular weight is 362 g/mol. The third kappa shape index (κ3) is 3.81. The van der Waals surface area contributed by atoms with Gasteiger partial charge in [-0.2, -0.15) is 0 Å². The van der Waals surface area contributed by atoms with Crippen LogP contribution in [0, 0.1) is 0 Å². The SMILES string of the molecule is COc1ccc(Br)c(CNC2CC2)c1OCc1ccccc1. The quantitative estimate of drug-likeness (QED) is 0.797. The van der Waals surface area contributed by atoms with Crippen LogP contribution in [0.4, 0.5) is 0 Å². The van der Waals surface area contributed by atoms with E-state index in [2.05, 4.69) is 33.4 Å². The molecule has 1 aliphatic rings. The van der Waals surface area contributed by atoms with Crippen LogP contribution in [0.15, 0.2) is 46.9 Å². The predicted octanol–water partition coefficient (Wildman–Crippen LogP) is 4.29. The van der Waals surface area contributed by atoms with Crippen LogP contribution in [-0.2, 0) is 13.2 Å². The van der Waals surface area contributed by atoms with E-state index >= 15 is 0 Å². The van der Waals surface area contributed by atoms with Crippen molar-refractivity contribution in [2.75, 3.05) is 7.11 Å². The Hall–Kier alpha value is -1.52. The summed E-state index contributed by atoms with van der Waals surface area (Å²) in [6.07, 6.45) is 2.53. The van der Waals surface area contributed by atoms with E-state index in [0.717, 1.165) is 33.6 Å². The maximum absolute atomic E-state index is 6.08. The van der Waals surface area contributed by atoms with E-state index in [1.54, 1.807) is 7.11 Å². The second-order valence-corrected chi connectivity index (χ2v) is 6.34. The summed E-state index contributed by atoms with van der Waals surface area (Å²) in [7, 11) is 1.68. The van der Waals surface area contributed by atoms with Crippen LogP contribution >= 0.6 is 15.9 Å². The number of nitrogens with one attached hydrogen (secondary N) is 1. The van der Waals surface area contributed by atoms with Crippen LogP contribution in [0.2, 0.25) is 0 Å². The van der Waals surface area contributed by atoms with E-state index in [4.69, 9.17) is 9.47 Å². The van der Waals surface area contributed by atoms with Crippen molar-refractivity contribution in [1.82, 2.24) is 5.32 Å². The Morgan fingerprint density at radius 3 is 2.59 bits per heavy atom. The third-order valence-corrected chi connectivity index (χ3v) is 4.50. The zero-order valence-electron chi connectivity index (χ0n) is 12.6. The average Bonchev–Trinajstić information content (AvgIpc) is 3.37. The van der Waals surface area contributed by atoms with Gasteiger partial charge in [0.15, 0.2) is 11.5 Å². The van der Waals surface area contributed by atoms with Crippen molar-refractivity contribution in [3.05, 3.63) is 58.1 Å². The zero-order chi connectivity index (χ0) is 15.4. The minimum atomic E-state index is 0.532. The molecule has 0 atom stereocenters. The Morgan fingerprint density at radius 2 is 1.91 bits per heavy atom. The first-order valence-corrected chi connectivity index (χ1v) is 8.32. The lowest BCUT2D eigenvalue weighted by atomic mass is 10.1. The van der Waals surface area contributed by atoms with Gasteiger partial charge in [0.1, 0.15) is 6.61 Å². The van der Waals surface area contributed by atoms with Gasteiger partial charge in [-0.1, -0.05) is 46.3 Å².